The smallest absolute Gasteiger partial charge is 0.162 e. The highest BCUT2D eigenvalue weighted by Gasteiger charge is 2.03. The third-order valence-electron chi connectivity index (χ3n) is 3.48. The number of hydrogen-bond acceptors (Lipinski definition) is 2. The molecule has 21 heavy (non-hydrogen) atoms. The second-order valence-electron chi connectivity index (χ2n) is 5.35. The van der Waals surface area contributed by atoms with Crippen molar-refractivity contribution >= 4 is 11.6 Å². The Morgan fingerprint density at radius 2 is 1.29 bits per heavy atom. The molecule has 108 valence electrons. The molecule has 2 aromatic rings. The van der Waals surface area contributed by atoms with Gasteiger partial charge in [0.15, 0.2) is 5.78 Å². The molecule has 2 rings (SSSR count). The van der Waals surface area contributed by atoms with Crippen molar-refractivity contribution < 1.29 is 9.59 Å². The van der Waals surface area contributed by atoms with Crippen LogP contribution in [0.15, 0.2) is 48.5 Å². The van der Waals surface area contributed by atoms with Crippen LogP contribution in [0.2, 0.25) is 0 Å². The zero-order valence-corrected chi connectivity index (χ0v) is 12.6. The number of Topliss-reactive ketones (excluding diaryl/α,β-unsaturated/α-hetero) is 2. The number of carbonyl (C=O) groups is 2. The molecule has 0 unspecified atom stereocenters. The molecule has 2 nitrogen and oxygen atoms in total. The van der Waals surface area contributed by atoms with Crippen molar-refractivity contribution in [3.63, 3.8) is 0 Å². The van der Waals surface area contributed by atoms with Gasteiger partial charge in [-0.05, 0) is 30.0 Å². The van der Waals surface area contributed by atoms with E-state index in [0.29, 0.717) is 12.8 Å². The average Bonchev–Trinajstić information content (AvgIpc) is 2.49. The second kappa shape index (κ2) is 6.98. The van der Waals surface area contributed by atoms with Crippen molar-refractivity contribution in [2.75, 3.05) is 0 Å². The molecule has 0 amide bonds. The first-order chi connectivity index (χ1) is 10.1. The van der Waals surface area contributed by atoms with Gasteiger partial charge in [0.2, 0.25) is 0 Å². The summed E-state index contributed by atoms with van der Waals surface area (Å²) >= 11 is 0. The molecule has 0 fully saturated rings. The van der Waals surface area contributed by atoms with Crippen molar-refractivity contribution in [1.29, 1.82) is 0 Å². The van der Waals surface area contributed by atoms with Gasteiger partial charge in [-0.25, -0.2) is 0 Å². The van der Waals surface area contributed by atoms with E-state index < -0.39 is 0 Å². The average molecular weight is 280 g/mol. The molecule has 0 radical (unpaired) electrons. The Kier molecular flexibility index (Phi) is 5.04. The molecule has 0 saturated carbocycles. The van der Waals surface area contributed by atoms with Crippen molar-refractivity contribution in [2.45, 2.75) is 33.1 Å². The normalized spacial score (nSPS) is 10.4. The van der Waals surface area contributed by atoms with Gasteiger partial charge in [0.1, 0.15) is 5.78 Å². The predicted octanol–water partition coefficient (Wildman–Crippen LogP) is 4.00. The maximum Gasteiger partial charge on any atom is 0.162 e. The lowest BCUT2D eigenvalue weighted by molar-refractivity contribution is -0.116. The molecule has 0 N–H and O–H groups in total. The van der Waals surface area contributed by atoms with E-state index in [1.165, 1.54) is 11.1 Å². The summed E-state index contributed by atoms with van der Waals surface area (Å²) in [6, 6.07) is 15.9. The van der Waals surface area contributed by atoms with E-state index in [9.17, 15) is 9.59 Å². The molecular weight excluding hydrogens is 260 g/mol. The van der Waals surface area contributed by atoms with Crippen LogP contribution < -0.4 is 0 Å². The van der Waals surface area contributed by atoms with Crippen LogP contribution in [-0.4, -0.2) is 11.6 Å². The van der Waals surface area contributed by atoms with Crippen LogP contribution in [0.4, 0.5) is 0 Å². The summed E-state index contributed by atoms with van der Waals surface area (Å²) < 4.78 is 0. The molecule has 2 heteroatoms. The van der Waals surface area contributed by atoms with Gasteiger partial charge in [0.25, 0.3) is 0 Å². The van der Waals surface area contributed by atoms with Crippen LogP contribution >= 0.6 is 0 Å². The summed E-state index contributed by atoms with van der Waals surface area (Å²) in [5, 5.41) is 0. The quantitative estimate of drug-likeness (QED) is 0.749. The molecule has 0 heterocycles. The molecule has 0 aliphatic carbocycles. The van der Waals surface area contributed by atoms with Crippen molar-refractivity contribution in [3.05, 3.63) is 70.8 Å². The minimum Gasteiger partial charge on any atom is -0.300 e. The van der Waals surface area contributed by atoms with E-state index in [2.05, 4.69) is 12.1 Å². The summed E-state index contributed by atoms with van der Waals surface area (Å²) in [5.41, 5.74) is 4.21. The maximum absolute atomic E-state index is 11.6. The molecule has 0 aliphatic heterocycles. The Balaban J connectivity index is 2.04. The number of carbonyl (C=O) groups excluding carboxylic acids is 2. The van der Waals surface area contributed by atoms with Crippen molar-refractivity contribution in [2.24, 2.45) is 0 Å². The first-order valence-electron chi connectivity index (χ1n) is 7.28. The lowest BCUT2D eigenvalue weighted by Crippen LogP contribution is -1.98. The Morgan fingerprint density at radius 3 is 1.76 bits per heavy atom. The summed E-state index contributed by atoms with van der Waals surface area (Å²) in [7, 11) is 0. The number of rotatable bonds is 6. The maximum atomic E-state index is 11.6. The van der Waals surface area contributed by atoms with Gasteiger partial charge in [-0.1, -0.05) is 55.5 Å². The molecule has 2 aromatic carbocycles. The van der Waals surface area contributed by atoms with Gasteiger partial charge in [-0.3, -0.25) is 9.59 Å². The minimum atomic E-state index is 0.176. The molecule has 0 bridgehead atoms. The zero-order valence-electron chi connectivity index (χ0n) is 12.6. The van der Waals surface area contributed by atoms with Crippen LogP contribution in [0.25, 0.3) is 0 Å². The largest absolute Gasteiger partial charge is 0.300 e. The van der Waals surface area contributed by atoms with Gasteiger partial charge in [-0.2, -0.15) is 0 Å². The van der Waals surface area contributed by atoms with E-state index in [0.717, 1.165) is 17.5 Å². The Bertz CT molecular complexity index is 622. The summed E-state index contributed by atoms with van der Waals surface area (Å²) in [4.78, 5) is 22.7. The van der Waals surface area contributed by atoms with E-state index in [1.807, 2.05) is 43.3 Å². The zero-order chi connectivity index (χ0) is 15.2. The highest BCUT2D eigenvalue weighted by molar-refractivity contribution is 5.95. The van der Waals surface area contributed by atoms with Crippen LogP contribution in [0.1, 0.15) is 47.3 Å². The number of benzene rings is 2. The van der Waals surface area contributed by atoms with Crippen molar-refractivity contribution in [3.8, 4) is 0 Å². The topological polar surface area (TPSA) is 34.1 Å². The first-order valence-corrected chi connectivity index (χ1v) is 7.28. The molecule has 0 aliphatic rings. The highest BCUT2D eigenvalue weighted by Crippen LogP contribution is 2.13. The predicted molar refractivity (Wildman–Crippen MR) is 84.7 cm³/mol. The summed E-state index contributed by atoms with van der Waals surface area (Å²) in [5.74, 6) is 0.356. The Morgan fingerprint density at radius 1 is 0.810 bits per heavy atom. The van der Waals surface area contributed by atoms with E-state index in [1.54, 1.807) is 6.92 Å². The Hall–Kier alpha value is -2.22. The fourth-order valence-corrected chi connectivity index (χ4v) is 2.31. The first kappa shape index (κ1) is 15.2. The van der Waals surface area contributed by atoms with E-state index >= 15 is 0 Å². The monoisotopic (exact) mass is 280 g/mol. The second-order valence-corrected chi connectivity index (χ2v) is 5.35. The van der Waals surface area contributed by atoms with Crippen LogP contribution in [0, 0.1) is 0 Å². The molecule has 0 aromatic heterocycles. The van der Waals surface area contributed by atoms with E-state index in [4.69, 9.17) is 0 Å². The van der Waals surface area contributed by atoms with E-state index in [-0.39, 0.29) is 11.6 Å². The van der Waals surface area contributed by atoms with Crippen molar-refractivity contribution in [1.82, 2.24) is 0 Å². The Labute approximate surface area is 125 Å². The summed E-state index contributed by atoms with van der Waals surface area (Å²) in [6.45, 7) is 3.48. The van der Waals surface area contributed by atoms with Gasteiger partial charge in [0, 0.05) is 18.4 Å². The lowest BCUT2D eigenvalue weighted by Gasteiger charge is -2.05. The van der Waals surface area contributed by atoms with Gasteiger partial charge in [-0.15, -0.1) is 0 Å². The standard InChI is InChI=1S/C19H20O2/c1-3-19(21)18-10-8-17(9-11-18)13-16-6-4-15(5-7-16)12-14(2)20/h4-11H,3,12-13H2,1-2H3. The minimum absolute atomic E-state index is 0.176. The molecular formula is C19H20O2. The van der Waals surface area contributed by atoms with Gasteiger partial charge < -0.3 is 0 Å². The number of ketones is 2. The summed E-state index contributed by atoms with van der Waals surface area (Å²) in [6.07, 6.45) is 1.87. The van der Waals surface area contributed by atoms with Crippen LogP contribution in [0.5, 0.6) is 0 Å². The SMILES string of the molecule is CCC(=O)c1ccc(Cc2ccc(CC(C)=O)cc2)cc1. The van der Waals surface area contributed by atoms with Gasteiger partial charge >= 0.3 is 0 Å². The third-order valence-corrected chi connectivity index (χ3v) is 3.48. The number of hydrogen-bond donors (Lipinski definition) is 0. The molecule has 0 atom stereocenters. The lowest BCUT2D eigenvalue weighted by atomic mass is 10.00. The molecule has 0 saturated heterocycles. The fourth-order valence-electron chi connectivity index (χ4n) is 2.31. The van der Waals surface area contributed by atoms with Gasteiger partial charge in [0.05, 0.1) is 0 Å². The molecule has 0 spiro atoms. The van der Waals surface area contributed by atoms with Crippen LogP contribution in [0.3, 0.4) is 0 Å². The third kappa shape index (κ3) is 4.38. The van der Waals surface area contributed by atoms with Crippen LogP contribution in [-0.2, 0) is 17.6 Å². The fraction of sp³-hybridized carbons (Fsp3) is 0.263. The highest BCUT2D eigenvalue weighted by atomic mass is 16.1.